The van der Waals surface area contributed by atoms with Crippen molar-refractivity contribution in [2.45, 2.75) is 6.18 Å². The van der Waals surface area contributed by atoms with Gasteiger partial charge in [-0.15, -0.1) is 0 Å². The van der Waals surface area contributed by atoms with E-state index in [0.717, 1.165) is 0 Å². The third-order valence-electron chi connectivity index (χ3n) is 1.97. The van der Waals surface area contributed by atoms with Crippen LogP contribution in [0.5, 0.6) is 0 Å². The van der Waals surface area contributed by atoms with Crippen molar-refractivity contribution in [3.05, 3.63) is 23.0 Å². The van der Waals surface area contributed by atoms with E-state index < -0.39 is 16.8 Å². The van der Waals surface area contributed by atoms with Gasteiger partial charge in [-0.1, -0.05) is 11.6 Å². The third-order valence-corrected chi connectivity index (χ3v) is 2.37. The number of pyridine rings is 1. The molecule has 0 aliphatic heterocycles. The van der Waals surface area contributed by atoms with Gasteiger partial charge in [-0.05, 0) is 0 Å². The topological polar surface area (TPSA) is 54.7 Å². The molecule has 0 atom stereocenters. The van der Waals surface area contributed by atoms with Gasteiger partial charge in [0.15, 0.2) is 0 Å². The Morgan fingerprint density at radius 2 is 2.07 bits per heavy atom. The third kappa shape index (κ3) is 1.50. The Hall–Kier alpha value is -1.43. The molecule has 0 spiro atoms. The molecule has 0 aliphatic carbocycles. The monoisotopic (exact) mass is 235 g/mol. The zero-order chi connectivity index (χ0) is 11.2. The van der Waals surface area contributed by atoms with Crippen molar-refractivity contribution in [1.82, 2.24) is 9.97 Å². The number of H-pyrrole nitrogens is 1. The van der Waals surface area contributed by atoms with Gasteiger partial charge in [0.05, 0.1) is 21.7 Å². The summed E-state index contributed by atoms with van der Waals surface area (Å²) in [5, 5.41) is -0.322. The van der Waals surface area contributed by atoms with Crippen LogP contribution in [0.1, 0.15) is 5.56 Å². The molecule has 2 heterocycles. The molecule has 0 saturated heterocycles. The number of alkyl halides is 3. The van der Waals surface area contributed by atoms with Gasteiger partial charge in [0.1, 0.15) is 5.65 Å². The van der Waals surface area contributed by atoms with Gasteiger partial charge in [0.25, 0.3) is 0 Å². The van der Waals surface area contributed by atoms with Crippen LogP contribution >= 0.6 is 11.6 Å². The fraction of sp³-hybridized carbons (Fsp3) is 0.125. The molecule has 3 N–H and O–H groups in total. The summed E-state index contributed by atoms with van der Waals surface area (Å²) >= 11 is 5.61. The van der Waals surface area contributed by atoms with E-state index in [4.69, 9.17) is 17.3 Å². The van der Waals surface area contributed by atoms with E-state index in [1.54, 1.807) is 0 Å². The summed E-state index contributed by atoms with van der Waals surface area (Å²) < 4.78 is 37.3. The lowest BCUT2D eigenvalue weighted by atomic mass is 10.2. The Morgan fingerprint density at radius 3 is 2.67 bits per heavy atom. The quantitative estimate of drug-likeness (QED) is 0.738. The van der Waals surface area contributed by atoms with Gasteiger partial charge < -0.3 is 10.7 Å². The van der Waals surface area contributed by atoms with Gasteiger partial charge >= 0.3 is 6.18 Å². The molecule has 0 amide bonds. The number of halogens is 4. The number of aromatic nitrogens is 2. The van der Waals surface area contributed by atoms with Crippen molar-refractivity contribution in [2.24, 2.45) is 0 Å². The first-order valence-corrected chi connectivity index (χ1v) is 4.27. The zero-order valence-electron chi connectivity index (χ0n) is 7.19. The number of aromatic amines is 1. The Kier molecular flexibility index (Phi) is 2.04. The Bertz CT molecular complexity index is 518. The van der Waals surface area contributed by atoms with E-state index in [1.165, 1.54) is 6.20 Å². The molecule has 2 rings (SSSR count). The van der Waals surface area contributed by atoms with E-state index in [-0.39, 0.29) is 16.7 Å². The minimum absolute atomic E-state index is 0.103. The fourth-order valence-electron chi connectivity index (χ4n) is 1.28. The number of nitrogens with two attached hydrogens (primary N) is 1. The van der Waals surface area contributed by atoms with Crippen LogP contribution in [0.25, 0.3) is 11.0 Å². The maximum atomic E-state index is 12.4. The van der Waals surface area contributed by atoms with Crippen LogP contribution in [0, 0.1) is 0 Å². The number of fused-ring (bicyclic) bond motifs is 1. The number of hydrogen-bond donors (Lipinski definition) is 2. The van der Waals surface area contributed by atoms with Crippen molar-refractivity contribution >= 4 is 28.3 Å². The molecular weight excluding hydrogens is 231 g/mol. The van der Waals surface area contributed by atoms with E-state index in [2.05, 4.69) is 9.97 Å². The van der Waals surface area contributed by atoms with Gasteiger partial charge in [-0.3, -0.25) is 0 Å². The number of rotatable bonds is 0. The number of nitrogens with zero attached hydrogens (tertiary/aromatic N) is 1. The van der Waals surface area contributed by atoms with Crippen molar-refractivity contribution in [3.8, 4) is 0 Å². The largest absolute Gasteiger partial charge is 0.419 e. The zero-order valence-corrected chi connectivity index (χ0v) is 7.95. The molecule has 0 unspecified atom stereocenters. The van der Waals surface area contributed by atoms with Gasteiger partial charge in [0, 0.05) is 12.4 Å². The molecular formula is C8H5ClF3N3. The normalized spacial score (nSPS) is 12.3. The lowest BCUT2D eigenvalue weighted by Crippen LogP contribution is -2.06. The van der Waals surface area contributed by atoms with E-state index >= 15 is 0 Å². The molecule has 0 bridgehead atoms. The van der Waals surface area contributed by atoms with Crippen LogP contribution in [-0.2, 0) is 6.18 Å². The maximum absolute atomic E-state index is 12.4. The first kappa shape index (κ1) is 10.1. The Morgan fingerprint density at radius 1 is 1.40 bits per heavy atom. The summed E-state index contributed by atoms with van der Waals surface area (Å²) in [5.41, 5.74) is 4.87. The fourth-order valence-corrected chi connectivity index (χ4v) is 1.63. The highest BCUT2D eigenvalue weighted by molar-refractivity contribution is 6.37. The van der Waals surface area contributed by atoms with Gasteiger partial charge in [-0.2, -0.15) is 13.2 Å². The number of anilines is 1. The standard InChI is InChI=1S/C8H5ClF3N3/c9-6-3(8(10,11)12)1-14-7-5(6)4(13)2-15-7/h1-2H,13H2,(H,14,15). The van der Waals surface area contributed by atoms with Crippen molar-refractivity contribution < 1.29 is 13.2 Å². The second-order valence-electron chi connectivity index (χ2n) is 2.95. The molecule has 0 aromatic carbocycles. The Labute approximate surface area is 87.0 Å². The minimum atomic E-state index is -4.53. The lowest BCUT2D eigenvalue weighted by molar-refractivity contribution is -0.137. The summed E-state index contributed by atoms with van der Waals surface area (Å²) in [6, 6.07) is 0. The molecule has 7 heteroatoms. The van der Waals surface area contributed by atoms with Crippen LogP contribution in [0.2, 0.25) is 5.02 Å². The van der Waals surface area contributed by atoms with Crippen LogP contribution in [-0.4, -0.2) is 9.97 Å². The molecule has 2 aromatic heterocycles. The SMILES string of the molecule is Nc1c[nH]c2ncc(C(F)(F)F)c(Cl)c12. The van der Waals surface area contributed by atoms with Crippen LogP contribution < -0.4 is 5.73 Å². The predicted octanol–water partition coefficient (Wildman–Crippen LogP) is 2.82. The highest BCUT2D eigenvalue weighted by Gasteiger charge is 2.34. The van der Waals surface area contributed by atoms with Crippen LogP contribution in [0.15, 0.2) is 12.4 Å². The summed E-state index contributed by atoms with van der Waals surface area (Å²) in [4.78, 5) is 6.21. The number of nitrogens with one attached hydrogen (secondary N) is 1. The van der Waals surface area contributed by atoms with Crippen molar-refractivity contribution in [2.75, 3.05) is 5.73 Å². The highest BCUT2D eigenvalue weighted by atomic mass is 35.5. The van der Waals surface area contributed by atoms with Gasteiger partial charge in [0.2, 0.25) is 0 Å². The minimum Gasteiger partial charge on any atom is -0.397 e. The molecule has 0 radical (unpaired) electrons. The van der Waals surface area contributed by atoms with Crippen LogP contribution in [0.4, 0.5) is 18.9 Å². The molecule has 0 saturated carbocycles. The molecule has 2 aromatic rings. The maximum Gasteiger partial charge on any atom is 0.419 e. The summed E-state index contributed by atoms with van der Waals surface area (Å²) in [6.45, 7) is 0. The molecule has 15 heavy (non-hydrogen) atoms. The first-order valence-electron chi connectivity index (χ1n) is 3.89. The molecule has 0 aliphatic rings. The first-order chi connectivity index (χ1) is 6.91. The lowest BCUT2D eigenvalue weighted by Gasteiger charge is -2.08. The predicted molar refractivity (Wildman–Crippen MR) is 50.5 cm³/mol. The summed E-state index contributed by atoms with van der Waals surface area (Å²) in [6.07, 6.45) is -2.49. The molecule has 80 valence electrons. The smallest absolute Gasteiger partial charge is 0.397 e. The van der Waals surface area contributed by atoms with Crippen molar-refractivity contribution in [1.29, 1.82) is 0 Å². The second kappa shape index (κ2) is 3.03. The molecule has 0 fully saturated rings. The van der Waals surface area contributed by atoms with Gasteiger partial charge in [-0.25, -0.2) is 4.98 Å². The van der Waals surface area contributed by atoms with E-state index in [0.29, 0.717) is 6.20 Å². The highest BCUT2D eigenvalue weighted by Crippen LogP contribution is 2.38. The van der Waals surface area contributed by atoms with Crippen LogP contribution in [0.3, 0.4) is 0 Å². The van der Waals surface area contributed by atoms with E-state index in [9.17, 15) is 13.2 Å². The summed E-state index contributed by atoms with van der Waals surface area (Å²) in [7, 11) is 0. The molecule has 3 nitrogen and oxygen atoms in total. The number of hydrogen-bond acceptors (Lipinski definition) is 2. The second-order valence-corrected chi connectivity index (χ2v) is 3.33. The van der Waals surface area contributed by atoms with E-state index in [1.807, 2.05) is 0 Å². The summed E-state index contributed by atoms with van der Waals surface area (Å²) in [5.74, 6) is 0. The number of nitrogen functional groups attached to an aromatic ring is 1. The van der Waals surface area contributed by atoms with Crippen molar-refractivity contribution in [3.63, 3.8) is 0 Å². The Balaban J connectivity index is 2.80. The average Bonchev–Trinajstić information content (AvgIpc) is 2.46. The average molecular weight is 236 g/mol.